The van der Waals surface area contributed by atoms with Crippen molar-refractivity contribution in [1.29, 1.82) is 0 Å². The van der Waals surface area contributed by atoms with Gasteiger partial charge in [-0.1, -0.05) is 37.1 Å². The van der Waals surface area contributed by atoms with Gasteiger partial charge in [0.2, 0.25) is 0 Å². The van der Waals surface area contributed by atoms with E-state index in [1.165, 1.54) is 4.90 Å². The van der Waals surface area contributed by atoms with Crippen LogP contribution in [-0.2, 0) is 4.79 Å². The normalized spacial score (nSPS) is 15.7. The van der Waals surface area contributed by atoms with Gasteiger partial charge in [-0.25, -0.2) is 9.78 Å². The van der Waals surface area contributed by atoms with Crippen LogP contribution in [0, 0.1) is 6.92 Å². The smallest absolute Gasteiger partial charge is 0.325 e. The van der Waals surface area contributed by atoms with E-state index in [4.69, 9.17) is 11.6 Å². The summed E-state index contributed by atoms with van der Waals surface area (Å²) < 4.78 is 0. The summed E-state index contributed by atoms with van der Waals surface area (Å²) in [5.41, 5.74) is 2.68. The number of nitrogens with one attached hydrogen (secondary N) is 2. The molecule has 1 unspecified atom stereocenters. The predicted molar refractivity (Wildman–Crippen MR) is 91.7 cm³/mol. The molecule has 0 aliphatic carbocycles. The summed E-state index contributed by atoms with van der Waals surface area (Å²) in [6.07, 6.45) is 3.16. The van der Waals surface area contributed by atoms with Crippen molar-refractivity contribution in [3.63, 3.8) is 0 Å². The Hall–Kier alpha value is -2.34. The van der Waals surface area contributed by atoms with Crippen LogP contribution in [0.1, 0.15) is 37.2 Å². The second-order valence-corrected chi connectivity index (χ2v) is 6.30. The standard InChI is InChI=1S/C17H19ClN4O2/c1-3-4-14(22-15(23)9-20-17(22)24)16-19-8-13(21-16)11-6-5-10(2)7-12(11)18/h5-8,14H,3-4,9H2,1-2H3,(H,19,21)(H,20,24). The topological polar surface area (TPSA) is 78.1 Å². The van der Waals surface area contributed by atoms with Gasteiger partial charge < -0.3 is 10.3 Å². The number of benzene rings is 1. The van der Waals surface area contributed by atoms with Crippen LogP contribution in [0.3, 0.4) is 0 Å². The van der Waals surface area contributed by atoms with Crippen molar-refractivity contribution in [3.8, 4) is 11.3 Å². The first kappa shape index (κ1) is 16.5. The van der Waals surface area contributed by atoms with Gasteiger partial charge in [0.1, 0.15) is 5.82 Å². The summed E-state index contributed by atoms with van der Waals surface area (Å²) in [6, 6.07) is 5.02. The quantitative estimate of drug-likeness (QED) is 0.814. The lowest BCUT2D eigenvalue weighted by molar-refractivity contribution is -0.126. The molecule has 1 saturated heterocycles. The number of H-pyrrole nitrogens is 1. The Kier molecular flexibility index (Phi) is 4.57. The maximum absolute atomic E-state index is 12.0. The molecule has 1 atom stereocenters. The SMILES string of the molecule is CCCC(c1ncc(-c2ccc(C)cc2Cl)[nH]1)N1C(=O)CNC1=O. The van der Waals surface area contributed by atoms with Gasteiger partial charge in [-0.05, 0) is 25.0 Å². The summed E-state index contributed by atoms with van der Waals surface area (Å²) in [5, 5.41) is 3.19. The van der Waals surface area contributed by atoms with E-state index in [9.17, 15) is 9.59 Å². The number of halogens is 1. The molecule has 7 heteroatoms. The third-order valence-corrected chi connectivity index (χ3v) is 4.39. The number of aromatic amines is 1. The Morgan fingerprint density at radius 3 is 2.79 bits per heavy atom. The van der Waals surface area contributed by atoms with Gasteiger partial charge in [-0.2, -0.15) is 0 Å². The molecule has 2 N–H and O–H groups in total. The minimum absolute atomic E-state index is 0.0381. The van der Waals surface area contributed by atoms with Crippen LogP contribution in [0.25, 0.3) is 11.3 Å². The second kappa shape index (κ2) is 6.65. The number of nitrogens with zero attached hydrogens (tertiary/aromatic N) is 2. The van der Waals surface area contributed by atoms with E-state index in [1.54, 1.807) is 6.20 Å². The number of aromatic nitrogens is 2. The molecular weight excluding hydrogens is 328 g/mol. The molecule has 2 heterocycles. The molecule has 24 heavy (non-hydrogen) atoms. The summed E-state index contributed by atoms with van der Waals surface area (Å²) in [5.74, 6) is 0.360. The van der Waals surface area contributed by atoms with Crippen LogP contribution in [-0.4, -0.2) is 33.4 Å². The van der Waals surface area contributed by atoms with Gasteiger partial charge in [0.25, 0.3) is 5.91 Å². The van der Waals surface area contributed by atoms with Crippen LogP contribution in [0.4, 0.5) is 4.79 Å². The first-order valence-electron chi connectivity index (χ1n) is 7.92. The Labute approximate surface area is 145 Å². The monoisotopic (exact) mass is 346 g/mol. The molecule has 1 aromatic heterocycles. The Balaban J connectivity index is 1.94. The summed E-state index contributed by atoms with van der Waals surface area (Å²) >= 11 is 6.31. The number of urea groups is 1. The van der Waals surface area contributed by atoms with Gasteiger partial charge in [0.05, 0.1) is 29.5 Å². The molecule has 3 rings (SSSR count). The molecule has 0 bridgehead atoms. The van der Waals surface area contributed by atoms with Crippen molar-refractivity contribution in [2.75, 3.05) is 6.54 Å². The Morgan fingerprint density at radius 2 is 2.17 bits per heavy atom. The fourth-order valence-electron chi connectivity index (χ4n) is 2.89. The average Bonchev–Trinajstić information content (AvgIpc) is 3.13. The van der Waals surface area contributed by atoms with Crippen LogP contribution in [0.2, 0.25) is 5.02 Å². The van der Waals surface area contributed by atoms with Crippen molar-refractivity contribution in [2.45, 2.75) is 32.7 Å². The van der Waals surface area contributed by atoms with Gasteiger partial charge in [0, 0.05) is 5.56 Å². The van der Waals surface area contributed by atoms with E-state index in [1.807, 2.05) is 32.0 Å². The number of amides is 3. The van der Waals surface area contributed by atoms with E-state index < -0.39 is 6.04 Å². The number of imidazole rings is 1. The molecule has 1 aliphatic heterocycles. The minimum atomic E-state index is -0.400. The van der Waals surface area contributed by atoms with Crippen molar-refractivity contribution >= 4 is 23.5 Å². The maximum Gasteiger partial charge on any atom is 0.325 e. The fourth-order valence-corrected chi connectivity index (χ4v) is 3.23. The average molecular weight is 347 g/mol. The number of imide groups is 1. The third-order valence-electron chi connectivity index (χ3n) is 4.08. The van der Waals surface area contributed by atoms with Crippen LogP contribution < -0.4 is 5.32 Å². The van der Waals surface area contributed by atoms with E-state index in [0.29, 0.717) is 17.3 Å². The number of aryl methyl sites for hydroxylation is 1. The minimum Gasteiger partial charge on any atom is -0.340 e. The number of rotatable bonds is 5. The van der Waals surface area contributed by atoms with Crippen LogP contribution in [0.5, 0.6) is 0 Å². The number of carbonyl (C=O) groups is 2. The summed E-state index contributed by atoms with van der Waals surface area (Å²) in [4.78, 5) is 32.9. The largest absolute Gasteiger partial charge is 0.340 e. The van der Waals surface area contributed by atoms with Crippen molar-refractivity contribution < 1.29 is 9.59 Å². The third kappa shape index (κ3) is 3.01. The van der Waals surface area contributed by atoms with Crippen molar-refractivity contribution in [2.24, 2.45) is 0 Å². The zero-order valence-corrected chi connectivity index (χ0v) is 14.4. The van der Waals surface area contributed by atoms with Gasteiger partial charge in [0.15, 0.2) is 0 Å². The molecule has 0 radical (unpaired) electrons. The maximum atomic E-state index is 12.0. The van der Waals surface area contributed by atoms with Crippen molar-refractivity contribution in [3.05, 3.63) is 40.8 Å². The highest BCUT2D eigenvalue weighted by Gasteiger charge is 2.36. The van der Waals surface area contributed by atoms with Crippen LogP contribution in [0.15, 0.2) is 24.4 Å². The zero-order valence-electron chi connectivity index (χ0n) is 13.6. The molecule has 1 aliphatic rings. The van der Waals surface area contributed by atoms with Crippen LogP contribution >= 0.6 is 11.6 Å². The highest BCUT2D eigenvalue weighted by Crippen LogP contribution is 2.31. The molecule has 2 aromatic rings. The molecule has 0 spiro atoms. The van der Waals surface area contributed by atoms with E-state index in [2.05, 4.69) is 15.3 Å². The molecule has 1 fully saturated rings. The fraction of sp³-hybridized carbons (Fsp3) is 0.353. The van der Waals surface area contributed by atoms with E-state index in [0.717, 1.165) is 23.2 Å². The summed E-state index contributed by atoms with van der Waals surface area (Å²) in [6.45, 7) is 4.02. The Bertz CT molecular complexity index is 771. The van der Waals surface area contributed by atoms with E-state index in [-0.39, 0.29) is 18.5 Å². The summed E-state index contributed by atoms with van der Waals surface area (Å²) in [7, 11) is 0. The van der Waals surface area contributed by atoms with Crippen molar-refractivity contribution in [1.82, 2.24) is 20.2 Å². The first-order chi connectivity index (χ1) is 11.5. The lowest BCUT2D eigenvalue weighted by atomic mass is 10.1. The van der Waals surface area contributed by atoms with Gasteiger partial charge in [-0.3, -0.25) is 9.69 Å². The lowest BCUT2D eigenvalue weighted by Gasteiger charge is -2.22. The highest BCUT2D eigenvalue weighted by atomic mass is 35.5. The first-order valence-corrected chi connectivity index (χ1v) is 8.30. The van der Waals surface area contributed by atoms with Gasteiger partial charge >= 0.3 is 6.03 Å². The number of hydrogen-bond donors (Lipinski definition) is 2. The lowest BCUT2D eigenvalue weighted by Crippen LogP contribution is -2.35. The molecule has 1 aromatic carbocycles. The molecule has 6 nitrogen and oxygen atoms in total. The second-order valence-electron chi connectivity index (χ2n) is 5.89. The Morgan fingerprint density at radius 1 is 1.38 bits per heavy atom. The predicted octanol–water partition coefficient (Wildman–Crippen LogP) is 3.43. The number of hydrogen-bond acceptors (Lipinski definition) is 3. The molecule has 0 saturated carbocycles. The zero-order chi connectivity index (χ0) is 17.3. The molecular formula is C17H19ClN4O2. The molecule has 126 valence electrons. The molecule has 3 amide bonds. The van der Waals surface area contributed by atoms with Gasteiger partial charge in [-0.15, -0.1) is 0 Å². The number of carbonyl (C=O) groups excluding carboxylic acids is 2. The van der Waals surface area contributed by atoms with E-state index >= 15 is 0 Å². The highest BCUT2D eigenvalue weighted by molar-refractivity contribution is 6.33.